The molecule has 150 valence electrons. The maximum atomic E-state index is 12.3. The number of hydrogen-bond acceptors (Lipinski definition) is 5. The second kappa shape index (κ2) is 8.47. The van der Waals surface area contributed by atoms with Gasteiger partial charge in [0.05, 0.1) is 5.69 Å². The average Bonchev–Trinajstić information content (AvgIpc) is 3.16. The van der Waals surface area contributed by atoms with Crippen molar-refractivity contribution in [2.24, 2.45) is 0 Å². The van der Waals surface area contributed by atoms with E-state index in [1.807, 2.05) is 62.5 Å². The zero-order chi connectivity index (χ0) is 21.1. The minimum Gasteiger partial charge on any atom is -0.457 e. The van der Waals surface area contributed by atoms with Gasteiger partial charge in [0.15, 0.2) is 5.13 Å². The van der Waals surface area contributed by atoms with E-state index < -0.39 is 0 Å². The molecule has 0 aliphatic heterocycles. The van der Waals surface area contributed by atoms with Crippen molar-refractivity contribution in [1.82, 2.24) is 9.97 Å². The number of anilines is 1. The molecular formula is C24H21N3O2S. The molecule has 0 spiro atoms. The van der Waals surface area contributed by atoms with Crippen molar-refractivity contribution in [2.45, 2.75) is 20.8 Å². The summed E-state index contributed by atoms with van der Waals surface area (Å²) in [5, 5.41) is 5.37. The number of nitrogens with one attached hydrogen (secondary N) is 1. The van der Waals surface area contributed by atoms with Crippen LogP contribution < -0.4 is 10.1 Å². The highest BCUT2D eigenvalue weighted by Crippen LogP contribution is 2.34. The number of nitrogens with zero attached hydrogens (tertiary/aromatic N) is 2. The lowest BCUT2D eigenvalue weighted by Gasteiger charge is -2.12. The van der Waals surface area contributed by atoms with E-state index >= 15 is 0 Å². The van der Waals surface area contributed by atoms with Gasteiger partial charge in [0.2, 0.25) is 0 Å². The Balaban J connectivity index is 1.55. The second-order valence-electron chi connectivity index (χ2n) is 7.08. The Morgan fingerprint density at radius 2 is 1.70 bits per heavy atom. The Bertz CT molecular complexity index is 1180. The molecule has 0 fully saturated rings. The van der Waals surface area contributed by atoms with E-state index in [0.29, 0.717) is 10.7 Å². The van der Waals surface area contributed by atoms with Crippen LogP contribution in [-0.2, 0) is 0 Å². The first kappa shape index (κ1) is 19.8. The summed E-state index contributed by atoms with van der Waals surface area (Å²) in [5.74, 6) is 1.41. The Morgan fingerprint density at radius 1 is 0.967 bits per heavy atom. The van der Waals surface area contributed by atoms with Crippen LogP contribution in [0.3, 0.4) is 0 Å². The summed E-state index contributed by atoms with van der Waals surface area (Å²) in [6, 6.07) is 15.4. The number of amides is 1. The molecule has 4 aromatic rings. The number of hydrogen-bond donors (Lipinski definition) is 1. The summed E-state index contributed by atoms with van der Waals surface area (Å²) in [6.45, 7) is 6.12. The monoisotopic (exact) mass is 415 g/mol. The van der Waals surface area contributed by atoms with Crippen molar-refractivity contribution < 1.29 is 9.53 Å². The first-order valence-electron chi connectivity index (χ1n) is 9.52. The summed E-state index contributed by atoms with van der Waals surface area (Å²) in [7, 11) is 0. The quantitative estimate of drug-likeness (QED) is 0.423. The summed E-state index contributed by atoms with van der Waals surface area (Å²) < 4.78 is 6.04. The molecule has 0 saturated carbocycles. The lowest BCUT2D eigenvalue weighted by molar-refractivity contribution is 0.102. The zero-order valence-corrected chi connectivity index (χ0v) is 17.8. The number of carbonyl (C=O) groups excluding carboxylic acids is 1. The SMILES string of the molecule is Cc1cccc(Oc2cc(C)c(-c3csc(NC(=O)c4ccncc4)n3)c(C)c2)c1. The molecule has 6 heteroatoms. The molecule has 0 unspecified atom stereocenters. The highest BCUT2D eigenvalue weighted by atomic mass is 32.1. The lowest BCUT2D eigenvalue weighted by Crippen LogP contribution is -2.11. The van der Waals surface area contributed by atoms with Gasteiger partial charge >= 0.3 is 0 Å². The minimum absolute atomic E-state index is 0.200. The predicted octanol–water partition coefficient (Wildman–Crippen LogP) is 6.17. The van der Waals surface area contributed by atoms with Crippen LogP contribution in [0, 0.1) is 20.8 Å². The number of thiazole rings is 1. The van der Waals surface area contributed by atoms with Crippen molar-refractivity contribution in [3.05, 3.63) is 88.6 Å². The topological polar surface area (TPSA) is 64.1 Å². The van der Waals surface area contributed by atoms with Crippen molar-refractivity contribution in [3.63, 3.8) is 0 Å². The number of carbonyl (C=O) groups is 1. The van der Waals surface area contributed by atoms with Crippen molar-refractivity contribution in [3.8, 4) is 22.8 Å². The van der Waals surface area contributed by atoms with E-state index in [9.17, 15) is 4.79 Å². The number of pyridine rings is 1. The smallest absolute Gasteiger partial charge is 0.257 e. The first-order valence-corrected chi connectivity index (χ1v) is 10.4. The van der Waals surface area contributed by atoms with Gasteiger partial charge in [-0.1, -0.05) is 12.1 Å². The maximum Gasteiger partial charge on any atom is 0.257 e. The molecule has 5 nitrogen and oxygen atoms in total. The third-order valence-corrected chi connectivity index (χ3v) is 5.41. The third-order valence-electron chi connectivity index (χ3n) is 4.65. The molecular weight excluding hydrogens is 394 g/mol. The Kier molecular flexibility index (Phi) is 5.59. The highest BCUT2D eigenvalue weighted by molar-refractivity contribution is 7.14. The summed E-state index contributed by atoms with van der Waals surface area (Å²) in [5.41, 5.74) is 5.72. The Hall–Kier alpha value is -3.51. The van der Waals surface area contributed by atoms with E-state index in [2.05, 4.69) is 15.3 Å². The normalized spacial score (nSPS) is 10.6. The van der Waals surface area contributed by atoms with Crippen LogP contribution in [0.15, 0.2) is 66.3 Å². The van der Waals surface area contributed by atoms with Gasteiger partial charge in [0, 0.05) is 28.9 Å². The van der Waals surface area contributed by atoms with Crippen LogP contribution >= 0.6 is 11.3 Å². The minimum atomic E-state index is -0.200. The van der Waals surface area contributed by atoms with E-state index in [-0.39, 0.29) is 5.91 Å². The Labute approximate surface area is 179 Å². The molecule has 2 aromatic heterocycles. The van der Waals surface area contributed by atoms with Gasteiger partial charge in [-0.3, -0.25) is 15.1 Å². The maximum absolute atomic E-state index is 12.3. The second-order valence-corrected chi connectivity index (χ2v) is 7.94. The van der Waals surface area contributed by atoms with E-state index in [1.54, 1.807) is 24.5 Å². The lowest BCUT2D eigenvalue weighted by atomic mass is 10.0. The number of benzene rings is 2. The highest BCUT2D eigenvalue weighted by Gasteiger charge is 2.14. The van der Waals surface area contributed by atoms with Gasteiger partial charge in [0.25, 0.3) is 5.91 Å². The Morgan fingerprint density at radius 3 is 2.40 bits per heavy atom. The third kappa shape index (κ3) is 4.39. The molecule has 0 atom stereocenters. The van der Waals surface area contributed by atoms with Crippen LogP contribution in [0.25, 0.3) is 11.3 Å². The van der Waals surface area contributed by atoms with Crippen molar-refractivity contribution in [1.29, 1.82) is 0 Å². The number of ether oxygens (including phenoxy) is 1. The molecule has 2 aromatic carbocycles. The number of rotatable bonds is 5. The molecule has 0 bridgehead atoms. The van der Waals surface area contributed by atoms with Crippen molar-refractivity contribution >= 4 is 22.4 Å². The van der Waals surface area contributed by atoms with Crippen LogP contribution in [-0.4, -0.2) is 15.9 Å². The van der Waals surface area contributed by atoms with Gasteiger partial charge in [-0.05, 0) is 73.9 Å². The van der Waals surface area contributed by atoms with Crippen LogP contribution in [0.1, 0.15) is 27.0 Å². The fraction of sp³-hybridized carbons (Fsp3) is 0.125. The molecule has 4 rings (SSSR count). The first-order chi connectivity index (χ1) is 14.5. The molecule has 0 saturated heterocycles. The molecule has 0 aliphatic rings. The zero-order valence-electron chi connectivity index (χ0n) is 17.0. The van der Waals surface area contributed by atoms with Crippen LogP contribution in [0.2, 0.25) is 0 Å². The summed E-state index contributed by atoms with van der Waals surface area (Å²) in [4.78, 5) is 20.9. The summed E-state index contributed by atoms with van der Waals surface area (Å²) in [6.07, 6.45) is 3.19. The average molecular weight is 416 g/mol. The molecule has 30 heavy (non-hydrogen) atoms. The van der Waals surface area contributed by atoms with Gasteiger partial charge < -0.3 is 4.74 Å². The van der Waals surface area contributed by atoms with Gasteiger partial charge in [0.1, 0.15) is 11.5 Å². The number of aryl methyl sites for hydroxylation is 3. The molecule has 1 N–H and O–H groups in total. The predicted molar refractivity (Wildman–Crippen MR) is 120 cm³/mol. The van der Waals surface area contributed by atoms with Crippen LogP contribution in [0.5, 0.6) is 11.5 Å². The van der Waals surface area contributed by atoms with Gasteiger partial charge in [-0.25, -0.2) is 4.98 Å². The van der Waals surface area contributed by atoms with E-state index in [1.165, 1.54) is 11.3 Å². The van der Waals surface area contributed by atoms with Gasteiger partial charge in [-0.15, -0.1) is 11.3 Å². The molecule has 1 amide bonds. The van der Waals surface area contributed by atoms with E-state index in [0.717, 1.165) is 39.4 Å². The van der Waals surface area contributed by atoms with Crippen LogP contribution in [0.4, 0.5) is 5.13 Å². The van der Waals surface area contributed by atoms with Crippen molar-refractivity contribution in [2.75, 3.05) is 5.32 Å². The largest absolute Gasteiger partial charge is 0.457 e. The summed E-state index contributed by atoms with van der Waals surface area (Å²) >= 11 is 1.40. The standard InChI is InChI=1S/C24H21N3O2S/c1-15-5-4-6-19(11-15)29-20-12-16(2)22(17(3)13-20)21-14-30-24(26-21)27-23(28)18-7-9-25-10-8-18/h4-14H,1-3H3,(H,26,27,28). The molecule has 0 radical (unpaired) electrons. The van der Waals surface area contributed by atoms with E-state index in [4.69, 9.17) is 4.74 Å². The molecule has 2 heterocycles. The molecule has 0 aliphatic carbocycles. The number of aromatic nitrogens is 2. The van der Waals surface area contributed by atoms with Gasteiger partial charge in [-0.2, -0.15) is 0 Å². The fourth-order valence-electron chi connectivity index (χ4n) is 3.32. The fourth-order valence-corrected chi connectivity index (χ4v) is 4.02.